The molecule has 0 unspecified atom stereocenters. The van der Waals surface area contributed by atoms with Crippen molar-refractivity contribution < 1.29 is 27.9 Å². The Kier molecular flexibility index (Phi) is 8.43. The number of carboxylic acids is 1. The molecule has 9 heteroatoms. The molecular formula is C28H30F3N3O3. The van der Waals surface area contributed by atoms with Crippen molar-refractivity contribution in [3.8, 4) is 0 Å². The van der Waals surface area contributed by atoms with Crippen LogP contribution in [0.1, 0.15) is 36.0 Å². The van der Waals surface area contributed by atoms with Crippen LogP contribution in [0.4, 0.5) is 13.2 Å². The lowest BCUT2D eigenvalue weighted by Gasteiger charge is -2.40. The number of hydrogen-bond donors (Lipinski definition) is 1. The number of aryl methyl sites for hydroxylation is 1. The highest BCUT2D eigenvalue weighted by Gasteiger charge is 2.38. The molecule has 2 aliphatic rings. The van der Waals surface area contributed by atoms with Gasteiger partial charge in [-0.15, -0.1) is 0 Å². The second kappa shape index (κ2) is 11.7. The zero-order valence-electron chi connectivity index (χ0n) is 20.5. The Hall–Kier alpha value is -3.46. The summed E-state index contributed by atoms with van der Waals surface area (Å²) in [6.45, 7) is 3.98. The Morgan fingerprint density at radius 2 is 1.62 bits per heavy atom. The van der Waals surface area contributed by atoms with E-state index >= 15 is 0 Å². The molecule has 2 aromatic carbocycles. The SMILES string of the molecule is O=C(CCc1cnc2ccccc2c1)N1CCC(N2CCc3ccccc3C2)CC1.O=C(O)C(F)(F)F. The van der Waals surface area contributed by atoms with E-state index in [0.29, 0.717) is 12.5 Å². The van der Waals surface area contributed by atoms with Gasteiger partial charge >= 0.3 is 12.1 Å². The van der Waals surface area contributed by atoms with Gasteiger partial charge in [-0.2, -0.15) is 13.2 Å². The summed E-state index contributed by atoms with van der Waals surface area (Å²) in [5.74, 6) is -2.47. The average Bonchev–Trinajstić information content (AvgIpc) is 2.91. The Bertz CT molecular complexity index is 1240. The van der Waals surface area contributed by atoms with Gasteiger partial charge in [-0.25, -0.2) is 4.79 Å². The van der Waals surface area contributed by atoms with Crippen LogP contribution in [-0.2, 0) is 29.0 Å². The number of rotatable bonds is 4. The molecule has 0 saturated carbocycles. The number of fused-ring (bicyclic) bond motifs is 2. The fourth-order valence-electron chi connectivity index (χ4n) is 4.97. The standard InChI is InChI=1S/C26H29N3O.C2HF3O2/c30-26(10-9-20-17-22-6-3-4-8-25(22)27-18-20)28-15-12-24(13-16-28)29-14-11-21-5-1-2-7-23(21)19-29;3-2(4,5)1(6)7/h1-8,17-18,24H,9-16,19H2;(H,6,7). The molecule has 1 saturated heterocycles. The van der Waals surface area contributed by atoms with Crippen molar-refractivity contribution in [1.29, 1.82) is 0 Å². The van der Waals surface area contributed by atoms with Crippen molar-refractivity contribution in [2.24, 2.45) is 0 Å². The van der Waals surface area contributed by atoms with Gasteiger partial charge in [-0.1, -0.05) is 42.5 Å². The van der Waals surface area contributed by atoms with Gasteiger partial charge in [0, 0.05) is 50.2 Å². The first-order valence-electron chi connectivity index (χ1n) is 12.4. The monoisotopic (exact) mass is 513 g/mol. The number of benzene rings is 2. The molecule has 0 bridgehead atoms. The van der Waals surface area contributed by atoms with Gasteiger partial charge in [0.25, 0.3) is 0 Å². The van der Waals surface area contributed by atoms with Gasteiger partial charge in [0.15, 0.2) is 0 Å². The number of halogens is 3. The van der Waals surface area contributed by atoms with Crippen molar-refractivity contribution >= 4 is 22.8 Å². The number of nitrogens with zero attached hydrogens (tertiary/aromatic N) is 3. The van der Waals surface area contributed by atoms with E-state index in [-0.39, 0.29) is 5.91 Å². The molecule has 1 aromatic heterocycles. The van der Waals surface area contributed by atoms with Crippen LogP contribution in [0.25, 0.3) is 10.9 Å². The number of carbonyl (C=O) groups excluding carboxylic acids is 1. The van der Waals surface area contributed by atoms with Gasteiger partial charge < -0.3 is 10.0 Å². The Morgan fingerprint density at radius 1 is 0.973 bits per heavy atom. The predicted molar refractivity (Wildman–Crippen MR) is 134 cm³/mol. The first-order chi connectivity index (χ1) is 17.7. The van der Waals surface area contributed by atoms with Crippen LogP contribution in [0.5, 0.6) is 0 Å². The van der Waals surface area contributed by atoms with E-state index in [4.69, 9.17) is 9.90 Å². The molecule has 1 amide bonds. The third-order valence-electron chi connectivity index (χ3n) is 7.01. The summed E-state index contributed by atoms with van der Waals surface area (Å²) in [6.07, 6.45) is 1.49. The first-order valence-corrected chi connectivity index (χ1v) is 12.4. The number of pyridine rings is 1. The minimum absolute atomic E-state index is 0.283. The lowest BCUT2D eigenvalue weighted by Crippen LogP contribution is -2.48. The molecule has 1 fully saturated rings. The molecule has 0 aliphatic carbocycles. The summed E-state index contributed by atoms with van der Waals surface area (Å²) >= 11 is 0. The molecule has 3 heterocycles. The number of likely N-dealkylation sites (tertiary alicyclic amines) is 1. The maximum absolute atomic E-state index is 12.8. The van der Waals surface area contributed by atoms with Crippen molar-refractivity contribution in [1.82, 2.24) is 14.8 Å². The highest BCUT2D eigenvalue weighted by molar-refractivity contribution is 5.79. The topological polar surface area (TPSA) is 73.7 Å². The second-order valence-electron chi connectivity index (χ2n) is 9.44. The van der Waals surface area contributed by atoms with E-state index in [1.807, 2.05) is 24.4 Å². The Morgan fingerprint density at radius 3 is 2.32 bits per heavy atom. The highest BCUT2D eigenvalue weighted by Crippen LogP contribution is 2.25. The van der Waals surface area contributed by atoms with Crippen LogP contribution in [0.15, 0.2) is 60.8 Å². The minimum Gasteiger partial charge on any atom is -0.475 e. The zero-order valence-corrected chi connectivity index (χ0v) is 20.5. The van der Waals surface area contributed by atoms with Crippen molar-refractivity contribution in [2.75, 3.05) is 19.6 Å². The lowest BCUT2D eigenvalue weighted by atomic mass is 9.95. The van der Waals surface area contributed by atoms with Gasteiger partial charge in [0.2, 0.25) is 5.91 Å². The predicted octanol–water partition coefficient (Wildman–Crippen LogP) is 4.85. The maximum Gasteiger partial charge on any atom is 0.490 e. The molecule has 0 radical (unpaired) electrons. The van der Waals surface area contributed by atoms with Crippen LogP contribution >= 0.6 is 0 Å². The zero-order chi connectivity index (χ0) is 26.4. The largest absolute Gasteiger partial charge is 0.490 e. The van der Waals surface area contributed by atoms with Crippen molar-refractivity contribution in [3.63, 3.8) is 0 Å². The molecule has 37 heavy (non-hydrogen) atoms. The highest BCUT2D eigenvalue weighted by atomic mass is 19.4. The molecule has 2 aliphatic heterocycles. The molecule has 5 rings (SSSR count). The fourth-order valence-corrected chi connectivity index (χ4v) is 4.97. The van der Waals surface area contributed by atoms with Crippen molar-refractivity contribution in [2.45, 2.75) is 50.9 Å². The van der Waals surface area contributed by atoms with Gasteiger partial charge in [-0.3, -0.25) is 14.7 Å². The van der Waals surface area contributed by atoms with E-state index < -0.39 is 12.1 Å². The van der Waals surface area contributed by atoms with Crippen LogP contribution in [0, 0.1) is 0 Å². The average molecular weight is 514 g/mol. The number of aromatic nitrogens is 1. The fraction of sp³-hybridized carbons (Fsp3) is 0.393. The van der Waals surface area contributed by atoms with E-state index in [1.54, 1.807) is 0 Å². The quantitative estimate of drug-likeness (QED) is 0.540. The third kappa shape index (κ3) is 7.07. The maximum atomic E-state index is 12.8. The van der Waals surface area contributed by atoms with Crippen LogP contribution < -0.4 is 0 Å². The molecule has 0 spiro atoms. The number of alkyl halides is 3. The Labute approximate surface area is 213 Å². The summed E-state index contributed by atoms with van der Waals surface area (Å²) in [5, 5.41) is 8.27. The first kappa shape index (κ1) is 26.6. The summed E-state index contributed by atoms with van der Waals surface area (Å²) in [5.41, 5.74) is 5.13. The second-order valence-corrected chi connectivity index (χ2v) is 9.44. The van der Waals surface area contributed by atoms with E-state index in [2.05, 4.69) is 51.2 Å². The number of carbonyl (C=O) groups is 2. The smallest absolute Gasteiger partial charge is 0.475 e. The van der Waals surface area contributed by atoms with E-state index in [9.17, 15) is 18.0 Å². The third-order valence-corrected chi connectivity index (χ3v) is 7.01. The number of amides is 1. The summed E-state index contributed by atoms with van der Waals surface area (Å²) in [6, 6.07) is 19.7. The number of piperidine rings is 1. The molecule has 6 nitrogen and oxygen atoms in total. The normalized spacial score (nSPS) is 16.6. The molecule has 3 aromatic rings. The Balaban J connectivity index is 0.000000405. The summed E-state index contributed by atoms with van der Waals surface area (Å²) < 4.78 is 31.7. The molecule has 196 valence electrons. The van der Waals surface area contributed by atoms with E-state index in [0.717, 1.165) is 68.3 Å². The molecular weight excluding hydrogens is 483 g/mol. The number of hydrogen-bond acceptors (Lipinski definition) is 4. The summed E-state index contributed by atoms with van der Waals surface area (Å²) in [7, 11) is 0. The number of aliphatic carboxylic acids is 1. The van der Waals surface area contributed by atoms with Crippen LogP contribution in [0.2, 0.25) is 0 Å². The van der Waals surface area contributed by atoms with Crippen molar-refractivity contribution in [3.05, 3.63) is 77.5 Å². The van der Waals surface area contributed by atoms with Gasteiger partial charge in [-0.05, 0) is 54.5 Å². The number of para-hydroxylation sites is 1. The van der Waals surface area contributed by atoms with Crippen LogP contribution in [-0.4, -0.2) is 63.6 Å². The van der Waals surface area contributed by atoms with Crippen LogP contribution in [0.3, 0.4) is 0 Å². The molecule has 1 N–H and O–H groups in total. The number of carboxylic acid groups (broad SMARTS) is 1. The minimum atomic E-state index is -5.08. The molecule has 0 atom stereocenters. The summed E-state index contributed by atoms with van der Waals surface area (Å²) in [4.78, 5) is 30.9. The van der Waals surface area contributed by atoms with Gasteiger partial charge in [0.1, 0.15) is 0 Å². The lowest BCUT2D eigenvalue weighted by molar-refractivity contribution is -0.192. The van der Waals surface area contributed by atoms with Gasteiger partial charge in [0.05, 0.1) is 5.52 Å². The van der Waals surface area contributed by atoms with E-state index in [1.165, 1.54) is 11.1 Å².